The zero-order chi connectivity index (χ0) is 19.4. The van der Waals surface area contributed by atoms with Gasteiger partial charge < -0.3 is 20.4 Å². The molecule has 2 aliphatic rings. The Morgan fingerprint density at radius 1 is 0.577 bits per heavy atom. The molecule has 2 aliphatic carbocycles. The SMILES string of the molecule is O=C(O)C(C(=O)O)c1cc2cc-2c1.O=C(O)C(C(=O)O)c1ccccc1. The number of hydrogen-bond acceptors (Lipinski definition) is 4. The molecule has 0 radical (unpaired) electrons. The van der Waals surface area contributed by atoms with Gasteiger partial charge in [-0.25, -0.2) is 0 Å². The minimum Gasteiger partial charge on any atom is -0.480 e. The van der Waals surface area contributed by atoms with E-state index >= 15 is 0 Å². The Hall–Kier alpha value is -3.68. The summed E-state index contributed by atoms with van der Waals surface area (Å²) >= 11 is 0. The number of carboxylic acid groups (broad SMARTS) is 4. The fourth-order valence-electron chi connectivity index (χ4n) is 2.38. The van der Waals surface area contributed by atoms with Gasteiger partial charge in [0.2, 0.25) is 0 Å². The minimum atomic E-state index is -1.47. The van der Waals surface area contributed by atoms with E-state index in [0.717, 1.165) is 11.1 Å². The number of benzene rings is 2. The Bertz CT molecular complexity index is 794. The molecule has 0 fully saturated rings. The van der Waals surface area contributed by atoms with Crippen LogP contribution in [-0.4, -0.2) is 44.3 Å². The summed E-state index contributed by atoms with van der Waals surface area (Å²) in [6.07, 6.45) is 0. The summed E-state index contributed by atoms with van der Waals surface area (Å²) in [5, 5.41) is 34.5. The molecule has 8 nitrogen and oxygen atoms in total. The Kier molecular flexibility index (Phi) is 5.36. The van der Waals surface area contributed by atoms with Crippen molar-refractivity contribution in [2.24, 2.45) is 0 Å². The second-order valence-corrected chi connectivity index (χ2v) is 5.47. The largest absolute Gasteiger partial charge is 0.480 e. The van der Waals surface area contributed by atoms with E-state index in [2.05, 4.69) is 0 Å². The summed E-state index contributed by atoms with van der Waals surface area (Å²) in [5.41, 5.74) is 2.53. The predicted molar refractivity (Wildman–Crippen MR) is 87.9 cm³/mol. The van der Waals surface area contributed by atoms with E-state index in [1.165, 1.54) is 12.1 Å². The zero-order valence-corrected chi connectivity index (χ0v) is 13.2. The zero-order valence-electron chi connectivity index (χ0n) is 13.2. The van der Waals surface area contributed by atoms with E-state index in [-0.39, 0.29) is 5.56 Å². The standard InChI is InChI=1S/C9H6O4.C9H8O4/c10-8(11)7(9(12)13)6-2-4-1-5(4)3-6;10-8(11)7(9(12)13)6-4-2-1-3-5-6/h1-3,7H,(H,10,11)(H,12,13);1-5,7H,(H,10,11)(H,12,13). The van der Waals surface area contributed by atoms with Crippen LogP contribution in [0.15, 0.2) is 48.5 Å². The summed E-state index contributed by atoms with van der Waals surface area (Å²) < 4.78 is 0. The first kappa shape index (κ1) is 18.7. The number of carboxylic acids is 4. The molecular formula is C18H14O8. The summed E-state index contributed by atoms with van der Waals surface area (Å²) in [6.45, 7) is 0. The van der Waals surface area contributed by atoms with Gasteiger partial charge in [0, 0.05) is 0 Å². The lowest BCUT2D eigenvalue weighted by Crippen LogP contribution is -2.20. The first-order valence-electron chi connectivity index (χ1n) is 7.34. The van der Waals surface area contributed by atoms with Crippen LogP contribution in [0.3, 0.4) is 0 Å². The molecule has 4 N–H and O–H groups in total. The van der Waals surface area contributed by atoms with Gasteiger partial charge in [0.25, 0.3) is 0 Å². The van der Waals surface area contributed by atoms with Crippen molar-refractivity contribution in [1.29, 1.82) is 0 Å². The second kappa shape index (κ2) is 7.47. The monoisotopic (exact) mass is 358 g/mol. The van der Waals surface area contributed by atoms with Gasteiger partial charge in [0.1, 0.15) is 0 Å². The molecule has 1 aromatic rings. The van der Waals surface area contributed by atoms with Crippen molar-refractivity contribution in [3.05, 3.63) is 59.7 Å². The van der Waals surface area contributed by atoms with Crippen molar-refractivity contribution in [2.75, 3.05) is 0 Å². The molecule has 0 saturated carbocycles. The third-order valence-electron chi connectivity index (χ3n) is 3.66. The van der Waals surface area contributed by atoms with E-state index < -0.39 is 35.7 Å². The highest BCUT2D eigenvalue weighted by molar-refractivity contribution is 6.01. The molecule has 1 aromatic carbocycles. The predicted octanol–water partition coefficient (Wildman–Crippen LogP) is 1.86. The summed E-state index contributed by atoms with van der Waals surface area (Å²) in [5.74, 6) is -8.24. The maximum Gasteiger partial charge on any atom is 0.322 e. The summed E-state index contributed by atoms with van der Waals surface area (Å²) in [4.78, 5) is 42.3. The maximum absolute atomic E-state index is 10.6. The van der Waals surface area contributed by atoms with Gasteiger partial charge in [-0.2, -0.15) is 0 Å². The molecule has 0 bridgehead atoms. The van der Waals surface area contributed by atoms with Gasteiger partial charge in [-0.15, -0.1) is 0 Å². The molecule has 0 amide bonds. The topological polar surface area (TPSA) is 149 Å². The van der Waals surface area contributed by atoms with Crippen molar-refractivity contribution in [2.45, 2.75) is 11.8 Å². The van der Waals surface area contributed by atoms with Crippen LogP contribution in [-0.2, 0) is 19.2 Å². The van der Waals surface area contributed by atoms with E-state index in [1.54, 1.807) is 30.3 Å². The number of aliphatic carboxylic acids is 4. The number of rotatable bonds is 6. The smallest absolute Gasteiger partial charge is 0.322 e. The quantitative estimate of drug-likeness (QED) is 0.488. The highest BCUT2D eigenvalue weighted by atomic mass is 16.4. The van der Waals surface area contributed by atoms with Crippen LogP contribution in [0.4, 0.5) is 0 Å². The average Bonchev–Trinajstić information content (AvgIpc) is 3.14. The van der Waals surface area contributed by atoms with Crippen LogP contribution in [0, 0.1) is 0 Å². The van der Waals surface area contributed by atoms with Crippen LogP contribution >= 0.6 is 0 Å². The van der Waals surface area contributed by atoms with Gasteiger partial charge in [0.05, 0.1) is 0 Å². The van der Waals surface area contributed by atoms with Gasteiger partial charge in [-0.05, 0) is 40.5 Å². The molecule has 8 heteroatoms. The Balaban J connectivity index is 0.000000187. The Morgan fingerprint density at radius 3 is 1.35 bits per heavy atom. The van der Waals surface area contributed by atoms with Crippen LogP contribution in [0.25, 0.3) is 11.1 Å². The molecular weight excluding hydrogens is 344 g/mol. The molecule has 0 saturated heterocycles. The van der Waals surface area contributed by atoms with E-state index in [0.29, 0.717) is 5.56 Å². The van der Waals surface area contributed by atoms with E-state index in [9.17, 15) is 19.2 Å². The van der Waals surface area contributed by atoms with Crippen LogP contribution < -0.4 is 0 Å². The summed E-state index contributed by atoms with van der Waals surface area (Å²) in [6, 6.07) is 12.9. The third-order valence-corrected chi connectivity index (χ3v) is 3.66. The van der Waals surface area contributed by atoms with Gasteiger partial charge >= 0.3 is 23.9 Å². The highest BCUT2D eigenvalue weighted by Gasteiger charge is 2.31. The Morgan fingerprint density at radius 2 is 0.962 bits per heavy atom. The molecule has 26 heavy (non-hydrogen) atoms. The van der Waals surface area contributed by atoms with Gasteiger partial charge in [0.15, 0.2) is 11.8 Å². The van der Waals surface area contributed by atoms with Gasteiger partial charge in [-0.3, -0.25) is 19.2 Å². The van der Waals surface area contributed by atoms with E-state index in [1.807, 2.05) is 6.07 Å². The fourth-order valence-corrected chi connectivity index (χ4v) is 2.38. The summed E-state index contributed by atoms with van der Waals surface area (Å²) in [7, 11) is 0. The Labute approximate surface area is 147 Å². The average molecular weight is 358 g/mol. The molecule has 0 heterocycles. The van der Waals surface area contributed by atoms with Crippen LogP contribution in [0.5, 0.6) is 0 Å². The maximum atomic E-state index is 10.6. The van der Waals surface area contributed by atoms with Crippen molar-refractivity contribution >= 4 is 23.9 Å². The molecule has 0 spiro atoms. The van der Waals surface area contributed by atoms with Crippen LogP contribution in [0.2, 0.25) is 0 Å². The van der Waals surface area contributed by atoms with Gasteiger partial charge in [-0.1, -0.05) is 30.3 Å². The highest BCUT2D eigenvalue weighted by Crippen LogP contribution is 2.38. The number of fused-ring (bicyclic) bond motifs is 1. The molecule has 0 aliphatic heterocycles. The second-order valence-electron chi connectivity index (χ2n) is 5.47. The lowest BCUT2D eigenvalue weighted by atomic mass is 10.00. The molecule has 0 atom stereocenters. The van der Waals surface area contributed by atoms with Crippen molar-refractivity contribution < 1.29 is 39.6 Å². The number of carbonyl (C=O) groups is 4. The number of hydrogen-bond donors (Lipinski definition) is 4. The molecule has 3 rings (SSSR count). The molecule has 134 valence electrons. The van der Waals surface area contributed by atoms with Crippen molar-refractivity contribution in [3.63, 3.8) is 0 Å². The lowest BCUT2D eigenvalue weighted by molar-refractivity contribution is -0.152. The molecule has 0 aromatic heterocycles. The van der Waals surface area contributed by atoms with Crippen molar-refractivity contribution in [1.82, 2.24) is 0 Å². The third kappa shape index (κ3) is 4.23. The lowest BCUT2D eigenvalue weighted by Gasteiger charge is -2.06. The first-order valence-corrected chi connectivity index (χ1v) is 7.34. The first-order chi connectivity index (χ1) is 12.2. The minimum absolute atomic E-state index is 0.280. The van der Waals surface area contributed by atoms with Crippen LogP contribution in [0.1, 0.15) is 23.0 Å². The van der Waals surface area contributed by atoms with E-state index in [4.69, 9.17) is 20.4 Å². The van der Waals surface area contributed by atoms with Crippen molar-refractivity contribution in [3.8, 4) is 11.1 Å². The normalized spacial score (nSPS) is 10.7. The fraction of sp³-hybridized carbons (Fsp3) is 0.111. The molecule has 0 unspecified atom stereocenters.